The van der Waals surface area contributed by atoms with Crippen molar-refractivity contribution in [1.29, 1.82) is 0 Å². The molecule has 1 aromatic carbocycles. The first-order valence-electron chi connectivity index (χ1n) is 5.95. The Hall–Kier alpha value is -2.37. The first-order valence-corrected chi connectivity index (χ1v) is 5.95. The summed E-state index contributed by atoms with van der Waals surface area (Å²) in [6, 6.07) is 6.15. The number of aliphatic carboxylic acids is 1. The topological polar surface area (TPSA) is 95.5 Å². The number of anilines is 1. The van der Waals surface area contributed by atoms with E-state index in [1.165, 1.54) is 0 Å². The van der Waals surface area contributed by atoms with Crippen molar-refractivity contribution in [3.8, 4) is 0 Å². The standard InChI is InChI=1S/C13H14N2O4/c16-11-5-4-10(15-11)13(19)14-9-3-1-2-8(6-9)7-12(17)18/h1-3,6,10H,4-5,7H2,(H,14,19)(H,15,16)(H,17,18). The fourth-order valence-electron chi connectivity index (χ4n) is 1.97. The van der Waals surface area contributed by atoms with Crippen molar-refractivity contribution in [2.75, 3.05) is 5.32 Å². The van der Waals surface area contributed by atoms with Gasteiger partial charge in [-0.25, -0.2) is 0 Å². The molecule has 19 heavy (non-hydrogen) atoms. The summed E-state index contributed by atoms with van der Waals surface area (Å²) in [7, 11) is 0. The van der Waals surface area contributed by atoms with E-state index in [2.05, 4.69) is 10.6 Å². The van der Waals surface area contributed by atoms with Gasteiger partial charge in [0, 0.05) is 12.1 Å². The molecule has 3 N–H and O–H groups in total. The highest BCUT2D eigenvalue weighted by atomic mass is 16.4. The summed E-state index contributed by atoms with van der Waals surface area (Å²) in [5, 5.41) is 14.0. The normalized spacial score (nSPS) is 17.9. The number of rotatable bonds is 4. The molecule has 0 aromatic heterocycles. The predicted octanol–water partition coefficient (Wildman–Crippen LogP) is 0.531. The summed E-state index contributed by atoms with van der Waals surface area (Å²) in [5.41, 5.74) is 1.14. The molecule has 6 heteroatoms. The molecule has 0 radical (unpaired) electrons. The molecule has 1 aliphatic rings. The largest absolute Gasteiger partial charge is 0.481 e. The van der Waals surface area contributed by atoms with Crippen molar-refractivity contribution in [2.45, 2.75) is 25.3 Å². The molecular formula is C13H14N2O4. The van der Waals surface area contributed by atoms with Gasteiger partial charge in [0.05, 0.1) is 6.42 Å². The molecule has 0 spiro atoms. The molecule has 6 nitrogen and oxygen atoms in total. The van der Waals surface area contributed by atoms with Crippen LogP contribution < -0.4 is 10.6 Å². The maximum atomic E-state index is 11.9. The highest BCUT2D eigenvalue weighted by molar-refractivity contribution is 5.99. The number of nitrogens with one attached hydrogen (secondary N) is 2. The molecule has 2 rings (SSSR count). The van der Waals surface area contributed by atoms with Crippen molar-refractivity contribution in [1.82, 2.24) is 5.32 Å². The van der Waals surface area contributed by atoms with Crippen molar-refractivity contribution in [3.63, 3.8) is 0 Å². The lowest BCUT2D eigenvalue weighted by atomic mass is 10.1. The van der Waals surface area contributed by atoms with Gasteiger partial charge in [0.25, 0.3) is 0 Å². The second-order valence-electron chi connectivity index (χ2n) is 4.42. The fourth-order valence-corrected chi connectivity index (χ4v) is 1.97. The Bertz CT molecular complexity index is 527. The van der Waals surface area contributed by atoms with Gasteiger partial charge in [-0.05, 0) is 24.1 Å². The molecule has 1 aliphatic heterocycles. The zero-order chi connectivity index (χ0) is 13.8. The number of amides is 2. The molecule has 1 fully saturated rings. The smallest absolute Gasteiger partial charge is 0.307 e. The van der Waals surface area contributed by atoms with Crippen LogP contribution in [0.4, 0.5) is 5.69 Å². The summed E-state index contributed by atoms with van der Waals surface area (Å²) in [6.07, 6.45) is 0.750. The Labute approximate surface area is 109 Å². The van der Waals surface area contributed by atoms with Crippen molar-refractivity contribution in [3.05, 3.63) is 29.8 Å². The summed E-state index contributed by atoms with van der Waals surface area (Å²) in [5.74, 6) is -1.33. The van der Waals surface area contributed by atoms with Crippen LogP contribution in [0, 0.1) is 0 Å². The van der Waals surface area contributed by atoms with Crippen LogP contribution in [0.1, 0.15) is 18.4 Å². The van der Waals surface area contributed by atoms with Gasteiger partial charge in [-0.1, -0.05) is 12.1 Å². The Balaban J connectivity index is 2.00. The minimum Gasteiger partial charge on any atom is -0.481 e. The Morgan fingerprint density at radius 3 is 2.84 bits per heavy atom. The van der Waals surface area contributed by atoms with E-state index in [-0.39, 0.29) is 18.2 Å². The van der Waals surface area contributed by atoms with Crippen LogP contribution >= 0.6 is 0 Å². The fraction of sp³-hybridized carbons (Fsp3) is 0.308. The van der Waals surface area contributed by atoms with E-state index in [1.807, 2.05) is 0 Å². The van der Waals surface area contributed by atoms with Crippen LogP contribution in [-0.2, 0) is 20.8 Å². The van der Waals surface area contributed by atoms with Crippen LogP contribution in [0.15, 0.2) is 24.3 Å². The van der Waals surface area contributed by atoms with Gasteiger partial charge in [-0.15, -0.1) is 0 Å². The molecule has 100 valence electrons. The van der Waals surface area contributed by atoms with Crippen LogP contribution in [0.2, 0.25) is 0 Å². The average molecular weight is 262 g/mol. The molecule has 1 unspecified atom stereocenters. The number of hydrogen-bond donors (Lipinski definition) is 3. The van der Waals surface area contributed by atoms with Gasteiger partial charge >= 0.3 is 5.97 Å². The average Bonchev–Trinajstić information content (AvgIpc) is 2.75. The maximum Gasteiger partial charge on any atom is 0.307 e. The second-order valence-corrected chi connectivity index (χ2v) is 4.42. The lowest BCUT2D eigenvalue weighted by Crippen LogP contribution is -2.37. The zero-order valence-electron chi connectivity index (χ0n) is 10.2. The first-order chi connectivity index (χ1) is 9.04. The number of hydrogen-bond acceptors (Lipinski definition) is 3. The van der Waals surface area contributed by atoms with Crippen LogP contribution in [0.25, 0.3) is 0 Å². The molecule has 0 aliphatic carbocycles. The van der Waals surface area contributed by atoms with E-state index in [1.54, 1.807) is 24.3 Å². The maximum absolute atomic E-state index is 11.9. The number of benzene rings is 1. The Morgan fingerprint density at radius 2 is 2.21 bits per heavy atom. The third kappa shape index (κ3) is 3.54. The molecule has 2 amide bonds. The summed E-state index contributed by atoms with van der Waals surface area (Å²) in [4.78, 5) is 33.5. The van der Waals surface area contributed by atoms with Crippen LogP contribution in [-0.4, -0.2) is 28.9 Å². The minimum atomic E-state index is -0.925. The summed E-state index contributed by atoms with van der Waals surface area (Å²) < 4.78 is 0. The highest BCUT2D eigenvalue weighted by Crippen LogP contribution is 2.14. The van der Waals surface area contributed by atoms with E-state index >= 15 is 0 Å². The van der Waals surface area contributed by atoms with Crippen molar-refractivity contribution in [2.24, 2.45) is 0 Å². The van der Waals surface area contributed by atoms with Crippen LogP contribution in [0.3, 0.4) is 0 Å². The summed E-state index contributed by atoms with van der Waals surface area (Å²) in [6.45, 7) is 0. The van der Waals surface area contributed by atoms with Crippen molar-refractivity contribution < 1.29 is 19.5 Å². The number of carbonyl (C=O) groups excluding carboxylic acids is 2. The van der Waals surface area contributed by atoms with Gasteiger partial charge in [0.15, 0.2) is 0 Å². The summed E-state index contributed by atoms with van der Waals surface area (Å²) >= 11 is 0. The third-order valence-electron chi connectivity index (χ3n) is 2.86. The van der Waals surface area contributed by atoms with Crippen molar-refractivity contribution >= 4 is 23.5 Å². The molecule has 1 heterocycles. The van der Waals surface area contributed by atoms with E-state index in [4.69, 9.17) is 5.11 Å². The predicted molar refractivity (Wildman–Crippen MR) is 67.6 cm³/mol. The van der Waals surface area contributed by atoms with Gasteiger partial charge in [0.1, 0.15) is 6.04 Å². The van der Waals surface area contributed by atoms with E-state index in [0.29, 0.717) is 24.1 Å². The second kappa shape index (κ2) is 5.51. The SMILES string of the molecule is O=C(O)Cc1cccc(NC(=O)C2CCC(=O)N2)c1. The first kappa shape index (κ1) is 13.1. The number of carbonyl (C=O) groups is 3. The van der Waals surface area contributed by atoms with Gasteiger partial charge in [-0.2, -0.15) is 0 Å². The number of carboxylic acid groups (broad SMARTS) is 1. The van der Waals surface area contributed by atoms with E-state index in [0.717, 1.165) is 0 Å². The van der Waals surface area contributed by atoms with Crippen LogP contribution in [0.5, 0.6) is 0 Å². The van der Waals surface area contributed by atoms with E-state index < -0.39 is 12.0 Å². The zero-order valence-corrected chi connectivity index (χ0v) is 10.2. The quantitative estimate of drug-likeness (QED) is 0.737. The lowest BCUT2D eigenvalue weighted by molar-refractivity contribution is -0.136. The third-order valence-corrected chi connectivity index (χ3v) is 2.86. The Morgan fingerprint density at radius 1 is 1.42 bits per heavy atom. The van der Waals surface area contributed by atoms with Gasteiger partial charge < -0.3 is 15.7 Å². The molecule has 1 saturated heterocycles. The minimum absolute atomic E-state index is 0.0934. The molecule has 0 bridgehead atoms. The molecule has 1 atom stereocenters. The van der Waals surface area contributed by atoms with Gasteiger partial charge in [-0.3, -0.25) is 14.4 Å². The van der Waals surface area contributed by atoms with Gasteiger partial charge in [0.2, 0.25) is 11.8 Å². The highest BCUT2D eigenvalue weighted by Gasteiger charge is 2.27. The number of carboxylic acids is 1. The molecule has 1 aromatic rings. The Kier molecular flexibility index (Phi) is 3.79. The molecular weight excluding hydrogens is 248 g/mol. The van der Waals surface area contributed by atoms with E-state index in [9.17, 15) is 14.4 Å². The monoisotopic (exact) mass is 262 g/mol. The molecule has 0 saturated carbocycles. The lowest BCUT2D eigenvalue weighted by Gasteiger charge is -2.11.